The van der Waals surface area contributed by atoms with Gasteiger partial charge in [0.2, 0.25) is 5.91 Å². The normalized spacial score (nSPS) is 14.7. The molecule has 0 radical (unpaired) electrons. The van der Waals surface area contributed by atoms with E-state index in [0.29, 0.717) is 30.1 Å². The molecule has 2 rings (SSSR count). The van der Waals surface area contributed by atoms with Crippen molar-refractivity contribution in [2.24, 2.45) is 0 Å². The Hall–Kier alpha value is -2.04. The maximum atomic E-state index is 11.8. The van der Waals surface area contributed by atoms with Gasteiger partial charge in [0.05, 0.1) is 18.4 Å². The van der Waals surface area contributed by atoms with Crippen LogP contribution in [-0.2, 0) is 4.79 Å². The second kappa shape index (κ2) is 4.45. The van der Waals surface area contributed by atoms with Crippen molar-refractivity contribution < 1.29 is 14.3 Å². The Morgan fingerprint density at radius 2 is 2.24 bits per heavy atom. The fraction of sp³-hybridized carbons (Fsp3) is 0.333. The van der Waals surface area contributed by atoms with Crippen LogP contribution >= 0.6 is 0 Å². The van der Waals surface area contributed by atoms with Crippen molar-refractivity contribution in [3.8, 4) is 5.75 Å². The fourth-order valence-electron chi connectivity index (χ4n) is 1.95. The average molecular weight is 234 g/mol. The number of hydrogen-bond acceptors (Lipinski definition) is 3. The molecule has 0 fully saturated rings. The molecule has 1 N–H and O–H groups in total. The van der Waals surface area contributed by atoms with Crippen LogP contribution in [0.5, 0.6) is 5.75 Å². The lowest BCUT2D eigenvalue weighted by molar-refractivity contribution is -0.116. The van der Waals surface area contributed by atoms with E-state index in [1.54, 1.807) is 23.1 Å². The van der Waals surface area contributed by atoms with E-state index in [0.717, 1.165) is 0 Å². The van der Waals surface area contributed by atoms with Gasteiger partial charge in [0.25, 0.3) is 5.91 Å². The van der Waals surface area contributed by atoms with E-state index in [1.165, 1.54) is 14.0 Å². The number of nitrogens with zero attached hydrogens (tertiary/aromatic N) is 1. The minimum atomic E-state index is -0.178. The van der Waals surface area contributed by atoms with E-state index in [9.17, 15) is 9.59 Å². The first-order chi connectivity index (χ1) is 8.15. The average Bonchev–Trinajstić information content (AvgIpc) is 2.49. The third-order valence-corrected chi connectivity index (χ3v) is 2.73. The van der Waals surface area contributed by atoms with E-state index >= 15 is 0 Å². The summed E-state index contributed by atoms with van der Waals surface area (Å²) in [5.74, 6) is 0.254. The number of rotatable bonds is 1. The Balaban J connectivity index is 2.63. The summed E-state index contributed by atoms with van der Waals surface area (Å²) in [5, 5.41) is 2.75. The van der Waals surface area contributed by atoms with Gasteiger partial charge in [0.15, 0.2) is 0 Å². The minimum Gasteiger partial charge on any atom is -0.495 e. The Morgan fingerprint density at radius 1 is 1.47 bits per heavy atom. The van der Waals surface area contributed by atoms with Crippen LogP contribution in [0, 0.1) is 0 Å². The van der Waals surface area contributed by atoms with Crippen LogP contribution in [0.3, 0.4) is 0 Å². The minimum absolute atomic E-state index is 0.104. The number of anilines is 1. The van der Waals surface area contributed by atoms with Crippen molar-refractivity contribution in [2.75, 3.05) is 25.1 Å². The molecule has 0 bridgehead atoms. The van der Waals surface area contributed by atoms with Crippen molar-refractivity contribution >= 4 is 17.5 Å². The largest absolute Gasteiger partial charge is 0.495 e. The molecule has 2 amide bonds. The molecule has 5 heteroatoms. The molecule has 1 aliphatic rings. The Bertz CT molecular complexity index is 471. The number of benzene rings is 1. The lowest BCUT2D eigenvalue weighted by Gasteiger charge is -2.22. The van der Waals surface area contributed by atoms with Gasteiger partial charge in [-0.1, -0.05) is 6.07 Å². The van der Waals surface area contributed by atoms with Crippen LogP contribution in [0.25, 0.3) is 0 Å². The first kappa shape index (κ1) is 11.4. The summed E-state index contributed by atoms with van der Waals surface area (Å²) in [4.78, 5) is 25.0. The number of hydrogen-bond donors (Lipinski definition) is 1. The van der Waals surface area contributed by atoms with Gasteiger partial charge in [-0.05, 0) is 12.1 Å². The molecule has 90 valence electrons. The maximum absolute atomic E-state index is 11.8. The molecule has 1 heterocycles. The number of fused-ring (bicyclic) bond motifs is 1. The third-order valence-electron chi connectivity index (χ3n) is 2.73. The summed E-state index contributed by atoms with van der Waals surface area (Å²) in [7, 11) is 1.52. The van der Waals surface area contributed by atoms with E-state index in [1.807, 2.05) is 0 Å². The number of para-hydroxylation sites is 1. The zero-order chi connectivity index (χ0) is 12.4. The van der Waals surface area contributed by atoms with Crippen molar-refractivity contribution in [3.63, 3.8) is 0 Å². The van der Waals surface area contributed by atoms with Gasteiger partial charge in [-0.3, -0.25) is 9.59 Å². The van der Waals surface area contributed by atoms with Gasteiger partial charge >= 0.3 is 0 Å². The zero-order valence-electron chi connectivity index (χ0n) is 9.82. The van der Waals surface area contributed by atoms with Crippen LogP contribution in [0.4, 0.5) is 5.69 Å². The second-order valence-electron chi connectivity index (χ2n) is 3.78. The monoisotopic (exact) mass is 234 g/mol. The lowest BCUT2D eigenvalue weighted by Crippen LogP contribution is -2.33. The van der Waals surface area contributed by atoms with Crippen LogP contribution in [0.2, 0.25) is 0 Å². The van der Waals surface area contributed by atoms with Crippen molar-refractivity contribution in [1.82, 2.24) is 5.32 Å². The van der Waals surface area contributed by atoms with Gasteiger partial charge in [-0.15, -0.1) is 0 Å². The first-order valence-electron chi connectivity index (χ1n) is 5.38. The number of amides is 2. The van der Waals surface area contributed by atoms with Crippen LogP contribution in [0.15, 0.2) is 18.2 Å². The smallest absolute Gasteiger partial charge is 0.253 e. The highest BCUT2D eigenvalue weighted by atomic mass is 16.5. The second-order valence-corrected chi connectivity index (χ2v) is 3.78. The molecule has 5 nitrogen and oxygen atoms in total. The number of carbonyl (C=O) groups is 2. The Morgan fingerprint density at radius 3 is 2.88 bits per heavy atom. The summed E-state index contributed by atoms with van der Waals surface area (Å²) in [6.07, 6.45) is 0. The zero-order valence-corrected chi connectivity index (χ0v) is 9.82. The van der Waals surface area contributed by atoms with Gasteiger partial charge < -0.3 is 15.0 Å². The van der Waals surface area contributed by atoms with Crippen molar-refractivity contribution in [3.05, 3.63) is 23.8 Å². The van der Waals surface area contributed by atoms with E-state index in [2.05, 4.69) is 5.32 Å². The molecule has 0 saturated carbocycles. The highest BCUT2D eigenvalue weighted by Gasteiger charge is 2.26. The SMILES string of the molecule is COc1cccc2c1N(C(C)=O)CCNC2=O. The molecule has 0 atom stereocenters. The quantitative estimate of drug-likeness (QED) is 0.781. The summed E-state index contributed by atoms with van der Waals surface area (Å²) >= 11 is 0. The Labute approximate surface area is 99.4 Å². The van der Waals surface area contributed by atoms with Gasteiger partial charge in [-0.2, -0.15) is 0 Å². The standard InChI is InChI=1S/C12H14N2O3/c1-8(15)14-7-6-13-12(16)9-4-3-5-10(17-2)11(9)14/h3-5H,6-7H2,1-2H3,(H,13,16). The molecule has 0 unspecified atom stereocenters. The number of nitrogens with one attached hydrogen (secondary N) is 1. The molecule has 0 aromatic heterocycles. The van der Waals surface area contributed by atoms with Crippen LogP contribution < -0.4 is 15.0 Å². The molecule has 1 aromatic carbocycles. The van der Waals surface area contributed by atoms with Crippen LogP contribution in [-0.4, -0.2) is 32.0 Å². The third kappa shape index (κ3) is 1.95. The number of carbonyl (C=O) groups excluding carboxylic acids is 2. The van der Waals surface area contributed by atoms with Gasteiger partial charge in [0, 0.05) is 20.0 Å². The van der Waals surface area contributed by atoms with Crippen molar-refractivity contribution in [1.29, 1.82) is 0 Å². The Kier molecular flexibility index (Phi) is 2.99. The highest BCUT2D eigenvalue weighted by molar-refractivity contribution is 6.06. The molecule has 1 aliphatic heterocycles. The highest BCUT2D eigenvalue weighted by Crippen LogP contribution is 2.33. The van der Waals surface area contributed by atoms with Gasteiger partial charge in [0.1, 0.15) is 5.75 Å². The topological polar surface area (TPSA) is 58.6 Å². The maximum Gasteiger partial charge on any atom is 0.253 e. The fourth-order valence-corrected chi connectivity index (χ4v) is 1.95. The molecule has 1 aromatic rings. The predicted molar refractivity (Wildman–Crippen MR) is 63.4 cm³/mol. The molecule has 0 spiro atoms. The van der Waals surface area contributed by atoms with E-state index in [-0.39, 0.29) is 11.8 Å². The van der Waals surface area contributed by atoms with Crippen LogP contribution in [0.1, 0.15) is 17.3 Å². The first-order valence-corrected chi connectivity index (χ1v) is 5.38. The molecular weight excluding hydrogens is 220 g/mol. The molecule has 0 aliphatic carbocycles. The van der Waals surface area contributed by atoms with Crippen molar-refractivity contribution in [2.45, 2.75) is 6.92 Å². The lowest BCUT2D eigenvalue weighted by atomic mass is 10.1. The number of ether oxygens (including phenoxy) is 1. The molecule has 17 heavy (non-hydrogen) atoms. The summed E-state index contributed by atoms with van der Waals surface area (Å²) in [6.45, 7) is 2.37. The summed E-state index contributed by atoms with van der Waals surface area (Å²) < 4.78 is 5.22. The van der Waals surface area contributed by atoms with Gasteiger partial charge in [-0.25, -0.2) is 0 Å². The van der Waals surface area contributed by atoms with E-state index < -0.39 is 0 Å². The number of methoxy groups -OCH3 is 1. The molecule has 0 saturated heterocycles. The predicted octanol–water partition coefficient (Wildman–Crippen LogP) is 0.791. The van der Waals surface area contributed by atoms with E-state index in [4.69, 9.17) is 4.74 Å². The summed E-state index contributed by atoms with van der Waals surface area (Å²) in [6, 6.07) is 5.17. The molecular formula is C12H14N2O3. The summed E-state index contributed by atoms with van der Waals surface area (Å²) in [5.41, 5.74) is 1.02.